The molecule has 2 aliphatic heterocycles. The average Bonchev–Trinajstić information content (AvgIpc) is 2.27. The van der Waals surface area contributed by atoms with E-state index in [0.717, 1.165) is 17.6 Å². The van der Waals surface area contributed by atoms with Crippen LogP contribution in [-0.2, 0) is 4.79 Å². The lowest BCUT2D eigenvalue weighted by molar-refractivity contribution is -0.935. The summed E-state index contributed by atoms with van der Waals surface area (Å²) in [6, 6.07) is 0.681. The van der Waals surface area contributed by atoms with Gasteiger partial charge in [-0.15, -0.1) is 0 Å². The lowest BCUT2D eigenvalue weighted by Gasteiger charge is -2.43. The van der Waals surface area contributed by atoms with E-state index < -0.39 is 0 Å². The summed E-state index contributed by atoms with van der Waals surface area (Å²) in [6.45, 7) is 3.20. The summed E-state index contributed by atoms with van der Waals surface area (Å²) in [6.07, 6.45) is 4.68. The summed E-state index contributed by atoms with van der Waals surface area (Å²) >= 11 is 0. The van der Waals surface area contributed by atoms with Crippen LogP contribution < -0.4 is 5.32 Å². The molecular weight excluding hydrogens is 164 g/mol. The number of quaternary nitrogens is 1. The van der Waals surface area contributed by atoms with Gasteiger partial charge in [-0.05, 0) is 12.8 Å². The van der Waals surface area contributed by atoms with Gasteiger partial charge >= 0.3 is 0 Å². The molecule has 0 aliphatic carbocycles. The molecule has 0 saturated carbocycles. The number of carbonyl (C=O) groups excluding carboxylic acids is 1. The van der Waals surface area contributed by atoms with E-state index in [4.69, 9.17) is 0 Å². The smallest absolute Gasteiger partial charge is 0.225 e. The van der Waals surface area contributed by atoms with Crippen LogP contribution in [0, 0.1) is 0 Å². The highest BCUT2D eigenvalue weighted by atomic mass is 16.1. The van der Waals surface area contributed by atoms with Crippen LogP contribution in [0.1, 0.15) is 25.7 Å². The molecule has 2 rings (SSSR count). The van der Waals surface area contributed by atoms with Gasteiger partial charge in [-0.2, -0.15) is 0 Å². The van der Waals surface area contributed by atoms with Gasteiger partial charge in [0.05, 0.1) is 33.1 Å². The van der Waals surface area contributed by atoms with Crippen LogP contribution in [0.3, 0.4) is 0 Å². The molecule has 0 radical (unpaired) electrons. The van der Waals surface area contributed by atoms with E-state index >= 15 is 0 Å². The van der Waals surface area contributed by atoms with Gasteiger partial charge in [-0.25, -0.2) is 0 Å². The van der Waals surface area contributed by atoms with Crippen molar-refractivity contribution in [2.24, 2.45) is 0 Å². The third-order valence-corrected chi connectivity index (χ3v) is 3.72. The second-order valence-corrected chi connectivity index (χ2v) is 4.63. The highest BCUT2D eigenvalue weighted by Gasteiger charge is 2.37. The summed E-state index contributed by atoms with van der Waals surface area (Å²) < 4.78 is 1.12. The highest BCUT2D eigenvalue weighted by Crippen LogP contribution is 2.25. The first-order valence-corrected chi connectivity index (χ1v) is 5.32. The van der Waals surface area contributed by atoms with Crippen LogP contribution >= 0.6 is 0 Å². The van der Waals surface area contributed by atoms with Crippen LogP contribution in [0.4, 0.5) is 0 Å². The molecule has 2 atom stereocenters. The summed E-state index contributed by atoms with van der Waals surface area (Å²) in [5.74, 6) is 0.244. The lowest BCUT2D eigenvalue weighted by Crippen LogP contribution is -2.57. The fraction of sp³-hybridized carbons (Fsp3) is 0.900. The Bertz CT molecular complexity index is 217. The van der Waals surface area contributed by atoms with Gasteiger partial charge in [-0.1, -0.05) is 0 Å². The minimum atomic E-state index is 0.244. The minimum absolute atomic E-state index is 0.244. The van der Waals surface area contributed by atoms with Gasteiger partial charge in [-0.3, -0.25) is 4.79 Å². The van der Waals surface area contributed by atoms with Crippen molar-refractivity contribution >= 4 is 5.91 Å². The molecule has 3 heteroatoms. The van der Waals surface area contributed by atoms with E-state index in [1.165, 1.54) is 25.8 Å². The Kier molecular flexibility index (Phi) is 2.28. The Morgan fingerprint density at radius 3 is 3.08 bits per heavy atom. The van der Waals surface area contributed by atoms with Crippen molar-refractivity contribution in [3.8, 4) is 0 Å². The number of amides is 1. The van der Waals surface area contributed by atoms with Gasteiger partial charge in [0.2, 0.25) is 5.91 Å². The summed E-state index contributed by atoms with van der Waals surface area (Å²) in [5, 5.41) is 3.01. The Morgan fingerprint density at radius 2 is 2.23 bits per heavy atom. The summed E-state index contributed by atoms with van der Waals surface area (Å²) in [4.78, 5) is 11.2. The fourth-order valence-corrected chi connectivity index (χ4v) is 2.64. The van der Waals surface area contributed by atoms with Crippen LogP contribution in [0.2, 0.25) is 0 Å². The zero-order valence-corrected chi connectivity index (χ0v) is 8.38. The topological polar surface area (TPSA) is 29.1 Å². The van der Waals surface area contributed by atoms with Crippen molar-refractivity contribution in [3.05, 3.63) is 0 Å². The van der Waals surface area contributed by atoms with Gasteiger partial charge < -0.3 is 9.80 Å². The van der Waals surface area contributed by atoms with Gasteiger partial charge in [0, 0.05) is 6.42 Å². The largest absolute Gasteiger partial charge is 0.350 e. The highest BCUT2D eigenvalue weighted by molar-refractivity contribution is 5.76. The molecule has 0 aromatic carbocycles. The average molecular weight is 183 g/mol. The number of likely N-dealkylation sites (N-methyl/N-ethyl adjacent to an activating group) is 1. The zero-order valence-electron chi connectivity index (χ0n) is 8.38. The molecule has 1 amide bonds. The van der Waals surface area contributed by atoms with E-state index in [9.17, 15) is 4.79 Å². The van der Waals surface area contributed by atoms with E-state index in [1.54, 1.807) is 0 Å². The maximum atomic E-state index is 11.2. The van der Waals surface area contributed by atoms with Crippen molar-refractivity contribution in [2.45, 2.75) is 31.7 Å². The van der Waals surface area contributed by atoms with E-state index in [0.29, 0.717) is 12.5 Å². The molecule has 1 N–H and O–H groups in total. The van der Waals surface area contributed by atoms with Crippen LogP contribution in [0.5, 0.6) is 0 Å². The fourth-order valence-electron chi connectivity index (χ4n) is 2.64. The molecule has 0 spiro atoms. The normalized spacial score (nSPS) is 40.4. The molecule has 2 aliphatic rings. The first kappa shape index (κ1) is 9.00. The molecule has 74 valence electrons. The van der Waals surface area contributed by atoms with E-state index in [2.05, 4.69) is 12.4 Å². The van der Waals surface area contributed by atoms with E-state index in [1.807, 2.05) is 0 Å². The van der Waals surface area contributed by atoms with Crippen LogP contribution in [0.15, 0.2) is 0 Å². The molecule has 2 fully saturated rings. The number of rotatable bonds is 0. The maximum absolute atomic E-state index is 11.2. The maximum Gasteiger partial charge on any atom is 0.225 e. The minimum Gasteiger partial charge on any atom is -0.350 e. The SMILES string of the molecule is C[N@+]12CCCC[C@@H]1CNC(=O)CC2. The predicted octanol–water partition coefficient (Wildman–Crippen LogP) is 0.505. The first-order valence-electron chi connectivity index (χ1n) is 5.32. The number of fused-ring (bicyclic) bond motifs is 1. The third-order valence-electron chi connectivity index (χ3n) is 3.72. The third kappa shape index (κ3) is 1.70. The van der Waals surface area contributed by atoms with Crippen molar-refractivity contribution in [2.75, 3.05) is 26.7 Å². The van der Waals surface area contributed by atoms with Gasteiger partial charge in [0.25, 0.3) is 0 Å². The molecule has 0 unspecified atom stereocenters. The van der Waals surface area contributed by atoms with E-state index in [-0.39, 0.29) is 5.91 Å². The second kappa shape index (κ2) is 3.29. The number of hydrogen-bond acceptors (Lipinski definition) is 1. The number of carbonyl (C=O) groups is 1. The quantitative estimate of drug-likeness (QED) is 0.545. The molecule has 3 nitrogen and oxygen atoms in total. The number of piperidine rings is 1. The summed E-state index contributed by atoms with van der Waals surface area (Å²) in [5.41, 5.74) is 0. The number of nitrogens with zero attached hydrogens (tertiary/aromatic N) is 1. The number of hydrogen-bond donors (Lipinski definition) is 1. The molecular formula is C10H19N2O+. The van der Waals surface area contributed by atoms with Crippen molar-refractivity contribution in [1.29, 1.82) is 0 Å². The Hall–Kier alpha value is -0.570. The van der Waals surface area contributed by atoms with Crippen molar-refractivity contribution in [3.63, 3.8) is 0 Å². The van der Waals surface area contributed by atoms with Crippen molar-refractivity contribution in [1.82, 2.24) is 5.32 Å². The van der Waals surface area contributed by atoms with Crippen LogP contribution in [-0.4, -0.2) is 43.1 Å². The van der Waals surface area contributed by atoms with Gasteiger partial charge in [0.15, 0.2) is 0 Å². The van der Waals surface area contributed by atoms with Gasteiger partial charge in [0.1, 0.15) is 6.04 Å². The monoisotopic (exact) mass is 183 g/mol. The summed E-state index contributed by atoms with van der Waals surface area (Å²) in [7, 11) is 2.31. The van der Waals surface area contributed by atoms with Crippen LogP contribution in [0.25, 0.3) is 0 Å². The molecule has 13 heavy (non-hydrogen) atoms. The molecule has 2 heterocycles. The Balaban J connectivity index is 2.11. The first-order chi connectivity index (χ1) is 6.21. The standard InChI is InChI=1S/C10H18N2O/c1-12-6-3-2-4-9(12)8-11-10(13)5-7-12/h9H,2-8H2,1H3/p+1/t9-,12-/m1/s1. The molecule has 0 bridgehead atoms. The van der Waals surface area contributed by atoms with Crippen molar-refractivity contribution < 1.29 is 9.28 Å². The Morgan fingerprint density at radius 1 is 1.38 bits per heavy atom. The Labute approximate surface area is 79.7 Å². The lowest BCUT2D eigenvalue weighted by atomic mass is 9.99. The molecule has 2 saturated heterocycles. The predicted molar refractivity (Wildman–Crippen MR) is 51.2 cm³/mol. The molecule has 0 aromatic heterocycles. The second-order valence-electron chi connectivity index (χ2n) is 4.63. The number of nitrogens with one attached hydrogen (secondary N) is 1. The molecule has 0 aromatic rings. The zero-order chi connectivity index (χ0) is 9.31.